The first-order valence-electron chi connectivity index (χ1n) is 14.5. The van der Waals surface area contributed by atoms with Crippen molar-refractivity contribution in [3.05, 3.63) is 43.4 Å². The first kappa shape index (κ1) is 33.7. The lowest BCUT2D eigenvalue weighted by Gasteiger charge is -2.25. The van der Waals surface area contributed by atoms with Gasteiger partial charge >= 0.3 is 13.9 Å². The quantitative estimate of drug-likeness (QED) is 0.116. The summed E-state index contributed by atoms with van der Waals surface area (Å²) < 4.78 is 74.7. The number of alkyl halides is 2. The average Bonchev–Trinajstić information content (AvgIpc) is 3.82. The zero-order chi connectivity index (χ0) is 33.6. The number of imidazole rings is 1. The molecular formula is C25H28F2N9O8P2S2+. The minimum Gasteiger partial charge on any atom is -0.394 e. The number of aliphatic hydroxyl groups excluding tert-OH is 1. The third-order valence-electron chi connectivity index (χ3n) is 7.94. The van der Waals surface area contributed by atoms with E-state index in [1.54, 1.807) is 12.3 Å². The molecule has 23 heteroatoms. The Morgan fingerprint density at radius 2 is 1.75 bits per heavy atom. The maximum atomic E-state index is 16.0. The predicted molar refractivity (Wildman–Crippen MR) is 172 cm³/mol. The molecule has 48 heavy (non-hydrogen) atoms. The van der Waals surface area contributed by atoms with Crippen molar-refractivity contribution in [2.24, 2.45) is 0 Å². The number of ether oxygens (including phenoxy) is 2. The van der Waals surface area contributed by atoms with Crippen molar-refractivity contribution in [2.75, 3.05) is 36.9 Å². The number of nitrogens with one attached hydrogen (secondary N) is 2. The van der Waals surface area contributed by atoms with Crippen LogP contribution in [-0.4, -0.2) is 107 Å². The van der Waals surface area contributed by atoms with Gasteiger partial charge in [-0.05, 0) is 22.4 Å². The van der Waals surface area contributed by atoms with E-state index in [1.807, 2.05) is 12.2 Å². The van der Waals surface area contributed by atoms with Crippen molar-refractivity contribution in [1.29, 1.82) is 0 Å². The van der Waals surface area contributed by atoms with E-state index in [1.165, 1.54) is 28.1 Å². The standard InChI is InChI=1S/C25H27F2N9O8P2S2/c26-15-18(43-45(38)47)14-8-40-46(39,48)44-19-13(7-37)41-25(16(19)27)36-11-34-17-21(31-10-33-23(17)36)29-5-2-1-4-28-20-12-3-6-35(24(15)42-14)22(12)32-9-30-20/h1-3,6,9-11,13-16,18-19,24-25,37H,4-5,7-8H2,(H3-,28,29,30,31,32,33,38,39,47,48)/p+1/b2-1+/t13-,14-,15-,16-,18-,19-,24-,25-,46?/m1/s1. The van der Waals surface area contributed by atoms with Crippen molar-refractivity contribution in [2.45, 2.75) is 49.2 Å². The number of halogens is 2. The molecule has 2 saturated heterocycles. The Morgan fingerprint density at radius 3 is 2.50 bits per heavy atom. The normalized spacial score (nSPS) is 33.8. The lowest BCUT2D eigenvalue weighted by atomic mass is 10.1. The second-order valence-corrected chi connectivity index (χ2v) is 15.3. The topological polar surface area (TPSA) is 202 Å². The molecule has 2 unspecified atom stereocenters. The molecule has 0 aromatic carbocycles. The zero-order valence-corrected chi connectivity index (χ0v) is 28.0. The molecule has 4 aromatic heterocycles. The Morgan fingerprint density at radius 1 is 1.04 bits per heavy atom. The molecule has 10 atom stereocenters. The van der Waals surface area contributed by atoms with Crippen LogP contribution in [0.4, 0.5) is 20.4 Å². The van der Waals surface area contributed by atoms with Crippen LogP contribution in [0.1, 0.15) is 12.5 Å². The van der Waals surface area contributed by atoms with E-state index in [0.29, 0.717) is 41.3 Å². The highest BCUT2D eigenvalue weighted by molar-refractivity contribution is 8.39. The van der Waals surface area contributed by atoms with Crippen molar-refractivity contribution in [3.63, 3.8) is 0 Å². The highest BCUT2D eigenvalue weighted by atomic mass is 32.7. The first-order chi connectivity index (χ1) is 23.1. The second kappa shape index (κ2) is 13.8. The smallest absolute Gasteiger partial charge is 0.394 e. The molecule has 0 aliphatic carbocycles. The number of hydrogen-bond acceptors (Lipinski definition) is 15. The molecule has 4 N–H and O–H groups in total. The second-order valence-electron chi connectivity index (χ2n) is 10.8. The van der Waals surface area contributed by atoms with Crippen LogP contribution >= 0.6 is 26.2 Å². The van der Waals surface area contributed by atoms with Crippen molar-refractivity contribution in [3.8, 4) is 0 Å². The minimum absolute atomic E-state index is 0.235. The van der Waals surface area contributed by atoms with E-state index in [2.05, 4.69) is 47.8 Å². The fourth-order valence-corrected chi connectivity index (χ4v) is 8.01. The maximum absolute atomic E-state index is 16.0. The predicted octanol–water partition coefficient (Wildman–Crippen LogP) is 2.72. The number of nitrogens with zero attached hydrogens (tertiary/aromatic N) is 7. The molecule has 12 bridgehead atoms. The van der Waals surface area contributed by atoms with E-state index in [4.69, 9.17) is 34.9 Å². The van der Waals surface area contributed by atoms with Gasteiger partial charge in [0.05, 0.1) is 24.9 Å². The van der Waals surface area contributed by atoms with Gasteiger partial charge in [0.1, 0.15) is 54.7 Å². The monoisotopic (exact) mass is 746 g/mol. The number of aromatic nitrogens is 7. The highest BCUT2D eigenvalue weighted by Gasteiger charge is 2.53. The number of anilines is 2. The van der Waals surface area contributed by atoms with Crippen LogP contribution < -0.4 is 10.6 Å². The summed E-state index contributed by atoms with van der Waals surface area (Å²) in [7, 11) is -2.60. The molecule has 4 aromatic rings. The molecule has 7 heterocycles. The van der Waals surface area contributed by atoms with Gasteiger partial charge in [0.15, 0.2) is 47.9 Å². The molecule has 256 valence electrons. The Labute approximate surface area is 281 Å². The van der Waals surface area contributed by atoms with Gasteiger partial charge in [0.2, 0.25) is 0 Å². The maximum Gasteiger partial charge on any atom is 0.582 e. The van der Waals surface area contributed by atoms with Gasteiger partial charge in [-0.25, -0.2) is 33.7 Å². The van der Waals surface area contributed by atoms with E-state index >= 15 is 8.78 Å². The van der Waals surface area contributed by atoms with Crippen molar-refractivity contribution < 1.29 is 46.4 Å². The summed E-state index contributed by atoms with van der Waals surface area (Å²) in [4.78, 5) is 32.4. The fourth-order valence-electron chi connectivity index (χ4n) is 5.79. The minimum atomic E-state index is -4.31. The van der Waals surface area contributed by atoms with Crippen LogP contribution in [0.3, 0.4) is 0 Å². The van der Waals surface area contributed by atoms with Crippen molar-refractivity contribution >= 4 is 71.8 Å². The van der Waals surface area contributed by atoms with E-state index < -0.39 is 76.4 Å². The number of aliphatic hydroxyl groups is 1. The largest absolute Gasteiger partial charge is 0.582 e. The van der Waals surface area contributed by atoms with Gasteiger partial charge in [-0.1, -0.05) is 12.2 Å². The zero-order valence-electron chi connectivity index (χ0n) is 24.5. The summed E-state index contributed by atoms with van der Waals surface area (Å²) in [5.74, 6) is 0.868. The lowest BCUT2D eigenvalue weighted by Crippen LogP contribution is -2.34. The Balaban J connectivity index is 1.23. The molecule has 2 fully saturated rings. The molecule has 3 aliphatic rings. The summed E-state index contributed by atoms with van der Waals surface area (Å²) in [6, 6.07) is 1.68. The number of thiol groups is 1. The van der Waals surface area contributed by atoms with Gasteiger partial charge in [-0.15, -0.1) is 4.52 Å². The third kappa shape index (κ3) is 6.45. The molecule has 3 aliphatic heterocycles. The summed E-state index contributed by atoms with van der Waals surface area (Å²) in [6.07, 6.45) is -3.02. The SMILES string of the molecule is O=[P+](S)O[C@H]1[C@@H](F)[C@H]2O[C@@H]1COP(O)(=S)O[C@H]1[C@@H](F)[C@@H](O[C@@H]1CO)n1cnc3c(ncnc31)NC/C=C/CNc1ncnc3c1ccn32. The lowest BCUT2D eigenvalue weighted by molar-refractivity contribution is -0.0505. The van der Waals surface area contributed by atoms with Gasteiger partial charge in [-0.2, -0.15) is 0 Å². The molecule has 17 nitrogen and oxygen atoms in total. The summed E-state index contributed by atoms with van der Waals surface area (Å²) >= 11 is 8.95. The van der Waals surface area contributed by atoms with Crippen LogP contribution in [0.5, 0.6) is 0 Å². The van der Waals surface area contributed by atoms with E-state index in [-0.39, 0.29) is 5.65 Å². The summed E-state index contributed by atoms with van der Waals surface area (Å²) in [5, 5.41) is 16.9. The van der Waals surface area contributed by atoms with Crippen LogP contribution in [0.15, 0.2) is 43.4 Å². The van der Waals surface area contributed by atoms with Crippen LogP contribution in [-0.2, 0) is 39.4 Å². The van der Waals surface area contributed by atoms with Crippen molar-refractivity contribution in [1.82, 2.24) is 34.1 Å². The van der Waals surface area contributed by atoms with E-state index in [9.17, 15) is 14.6 Å². The molecule has 7 rings (SSSR count). The third-order valence-corrected chi connectivity index (χ3v) is 10.2. The average molecular weight is 747 g/mol. The molecule has 0 radical (unpaired) electrons. The number of fused-ring (bicyclic) bond motifs is 6. The Hall–Kier alpha value is -2.81. The molecule has 0 amide bonds. The molecule has 0 spiro atoms. The van der Waals surface area contributed by atoms with Gasteiger partial charge in [0.25, 0.3) is 0 Å². The summed E-state index contributed by atoms with van der Waals surface area (Å²) in [6.45, 7) is -4.87. The number of hydrogen-bond donors (Lipinski definition) is 5. The van der Waals surface area contributed by atoms with Crippen LogP contribution in [0.2, 0.25) is 0 Å². The van der Waals surface area contributed by atoms with Gasteiger partial charge in [0, 0.05) is 19.3 Å². The molecular weight excluding hydrogens is 718 g/mol. The van der Waals surface area contributed by atoms with Gasteiger partial charge in [-0.3, -0.25) is 9.09 Å². The Bertz CT molecular complexity index is 1910. The van der Waals surface area contributed by atoms with Crippen LogP contribution in [0, 0.1) is 0 Å². The van der Waals surface area contributed by atoms with Crippen LogP contribution in [0.25, 0.3) is 22.2 Å². The molecule has 0 saturated carbocycles. The summed E-state index contributed by atoms with van der Waals surface area (Å²) in [5.41, 5.74) is 0.904. The van der Waals surface area contributed by atoms with Gasteiger partial charge < -0.3 is 39.2 Å². The van der Waals surface area contributed by atoms with E-state index in [0.717, 1.165) is 0 Å². The Kier molecular flexibility index (Phi) is 9.71. The highest BCUT2D eigenvalue weighted by Crippen LogP contribution is 2.51. The number of rotatable bonds is 3. The first-order valence-corrected chi connectivity index (χ1v) is 19.4. The fraction of sp³-hybridized carbons (Fsp3) is 0.480.